The van der Waals surface area contributed by atoms with Gasteiger partial charge in [0, 0.05) is 6.08 Å². The van der Waals surface area contributed by atoms with Crippen molar-refractivity contribution in [1.29, 1.82) is 0 Å². The maximum Gasteiger partial charge on any atom is 0.294 e. The van der Waals surface area contributed by atoms with E-state index in [1.54, 1.807) is 12.1 Å². The Labute approximate surface area is 110 Å². The summed E-state index contributed by atoms with van der Waals surface area (Å²) in [7, 11) is 0. The van der Waals surface area contributed by atoms with Gasteiger partial charge in [0.15, 0.2) is 4.67 Å². The van der Waals surface area contributed by atoms with Crippen LogP contribution in [0.1, 0.15) is 5.76 Å². The van der Waals surface area contributed by atoms with Gasteiger partial charge in [0.1, 0.15) is 5.76 Å². The van der Waals surface area contributed by atoms with Gasteiger partial charge in [0.25, 0.3) is 11.1 Å². The lowest BCUT2D eigenvalue weighted by Gasteiger charge is -2.06. The van der Waals surface area contributed by atoms with Crippen molar-refractivity contribution >= 4 is 44.9 Å². The van der Waals surface area contributed by atoms with Crippen LogP contribution < -0.4 is 0 Å². The fraction of sp³-hybridized carbons (Fsp3) is 0.0909. The zero-order valence-corrected chi connectivity index (χ0v) is 10.9. The predicted octanol–water partition coefficient (Wildman–Crippen LogP) is 2.71. The number of imide groups is 1. The minimum atomic E-state index is -0.384. The van der Waals surface area contributed by atoms with Gasteiger partial charge in [-0.3, -0.25) is 14.5 Å². The standard InChI is InChI=1S/C11H6BrNO3S/c1-2-5-13-10(14)8(17-11(13)15)6-7-3-4-9(12)16-7/h1,3-4,6H,5H2/b8-6+. The number of hydrogen-bond donors (Lipinski definition) is 0. The summed E-state index contributed by atoms with van der Waals surface area (Å²) in [5, 5.41) is -0.357. The Bertz CT molecular complexity index is 555. The van der Waals surface area contributed by atoms with E-state index in [1.807, 2.05) is 0 Å². The number of carbonyl (C=O) groups is 2. The molecule has 0 aromatic carbocycles. The highest BCUT2D eigenvalue weighted by Gasteiger charge is 2.34. The van der Waals surface area contributed by atoms with Crippen molar-refractivity contribution in [2.45, 2.75) is 0 Å². The Morgan fingerprint density at radius 1 is 1.53 bits per heavy atom. The van der Waals surface area contributed by atoms with E-state index >= 15 is 0 Å². The molecule has 0 spiro atoms. The van der Waals surface area contributed by atoms with E-state index in [9.17, 15) is 9.59 Å². The van der Waals surface area contributed by atoms with Gasteiger partial charge in [-0.1, -0.05) is 5.92 Å². The van der Waals surface area contributed by atoms with Gasteiger partial charge in [-0.2, -0.15) is 0 Å². The summed E-state index contributed by atoms with van der Waals surface area (Å²) in [6.07, 6.45) is 6.60. The van der Waals surface area contributed by atoms with E-state index in [0.717, 1.165) is 16.7 Å². The number of nitrogens with zero attached hydrogens (tertiary/aromatic N) is 1. The van der Waals surface area contributed by atoms with Crippen molar-refractivity contribution in [3.8, 4) is 12.3 Å². The monoisotopic (exact) mass is 311 g/mol. The Hall–Kier alpha value is -1.45. The van der Waals surface area contributed by atoms with E-state index in [0.29, 0.717) is 15.3 Å². The van der Waals surface area contributed by atoms with E-state index in [2.05, 4.69) is 21.9 Å². The van der Waals surface area contributed by atoms with Crippen molar-refractivity contribution < 1.29 is 14.0 Å². The average Bonchev–Trinajstić information content (AvgIpc) is 2.79. The fourth-order valence-corrected chi connectivity index (χ4v) is 2.40. The number of furan rings is 1. The van der Waals surface area contributed by atoms with E-state index in [4.69, 9.17) is 10.8 Å². The molecule has 1 aromatic heterocycles. The zero-order valence-electron chi connectivity index (χ0n) is 8.47. The third-order valence-corrected chi connectivity index (χ3v) is 3.32. The van der Waals surface area contributed by atoms with Gasteiger partial charge in [0.2, 0.25) is 0 Å². The molecule has 2 amide bonds. The molecule has 2 rings (SSSR count). The van der Waals surface area contributed by atoms with Crippen LogP contribution >= 0.6 is 27.7 Å². The van der Waals surface area contributed by atoms with Crippen LogP contribution in [0.25, 0.3) is 6.08 Å². The molecule has 1 aliphatic heterocycles. The first-order valence-corrected chi connectivity index (χ1v) is 6.17. The highest BCUT2D eigenvalue weighted by atomic mass is 79.9. The number of halogens is 1. The molecule has 6 heteroatoms. The third-order valence-electron chi connectivity index (χ3n) is 1.99. The summed E-state index contributed by atoms with van der Waals surface area (Å²) >= 11 is 4.01. The maximum atomic E-state index is 11.8. The number of thioether (sulfide) groups is 1. The Kier molecular flexibility index (Phi) is 3.41. The largest absolute Gasteiger partial charge is 0.450 e. The molecule has 0 N–H and O–H groups in total. The van der Waals surface area contributed by atoms with Crippen LogP contribution in [0.4, 0.5) is 4.79 Å². The van der Waals surface area contributed by atoms with Crippen molar-refractivity contribution in [2.75, 3.05) is 6.54 Å². The van der Waals surface area contributed by atoms with Gasteiger partial charge < -0.3 is 4.42 Å². The first-order valence-electron chi connectivity index (χ1n) is 4.56. The normalized spacial score (nSPS) is 17.9. The molecule has 2 heterocycles. The van der Waals surface area contributed by atoms with E-state index in [1.165, 1.54) is 6.08 Å². The third kappa shape index (κ3) is 2.46. The summed E-state index contributed by atoms with van der Waals surface area (Å²) < 4.78 is 5.79. The minimum absolute atomic E-state index is 0.0101. The van der Waals surface area contributed by atoms with Crippen LogP contribution in [0.15, 0.2) is 26.1 Å². The number of terminal acetylenes is 1. The zero-order chi connectivity index (χ0) is 12.4. The summed E-state index contributed by atoms with van der Waals surface area (Å²) in [6.45, 7) is -0.0101. The lowest BCUT2D eigenvalue weighted by molar-refractivity contribution is -0.122. The maximum absolute atomic E-state index is 11.8. The van der Waals surface area contributed by atoms with Gasteiger partial charge in [-0.25, -0.2) is 0 Å². The molecule has 86 valence electrons. The van der Waals surface area contributed by atoms with Crippen LogP contribution in [0.2, 0.25) is 0 Å². The van der Waals surface area contributed by atoms with Gasteiger partial charge in [-0.15, -0.1) is 6.42 Å². The SMILES string of the molecule is C#CCN1C(=O)S/C(=C/c2ccc(Br)o2)C1=O. The topological polar surface area (TPSA) is 50.5 Å². The van der Waals surface area contributed by atoms with Crippen LogP contribution in [0.5, 0.6) is 0 Å². The Morgan fingerprint density at radius 3 is 2.88 bits per heavy atom. The molecule has 1 saturated heterocycles. The van der Waals surface area contributed by atoms with Crippen LogP contribution in [0, 0.1) is 12.3 Å². The summed E-state index contributed by atoms with van der Waals surface area (Å²) in [6, 6.07) is 3.40. The highest BCUT2D eigenvalue weighted by Crippen LogP contribution is 2.32. The average molecular weight is 312 g/mol. The Balaban J connectivity index is 2.25. The van der Waals surface area contributed by atoms with Crippen LogP contribution in [-0.4, -0.2) is 22.6 Å². The van der Waals surface area contributed by atoms with Gasteiger partial charge in [0.05, 0.1) is 11.4 Å². The number of hydrogen-bond acceptors (Lipinski definition) is 4. The van der Waals surface area contributed by atoms with Gasteiger partial charge in [-0.05, 0) is 39.8 Å². The molecular weight excluding hydrogens is 306 g/mol. The van der Waals surface area contributed by atoms with Crippen molar-refractivity contribution in [2.24, 2.45) is 0 Å². The molecule has 0 atom stereocenters. The summed E-state index contributed by atoms with van der Waals surface area (Å²) in [5.41, 5.74) is 0. The summed E-state index contributed by atoms with van der Waals surface area (Å²) in [5.74, 6) is 2.39. The van der Waals surface area contributed by atoms with E-state index < -0.39 is 0 Å². The first-order chi connectivity index (χ1) is 8.11. The lowest BCUT2D eigenvalue weighted by Crippen LogP contribution is -2.28. The molecule has 0 aliphatic carbocycles. The fourth-order valence-electron chi connectivity index (χ4n) is 1.26. The first kappa shape index (κ1) is 12.0. The molecule has 1 fully saturated rings. The molecule has 0 saturated carbocycles. The molecule has 17 heavy (non-hydrogen) atoms. The highest BCUT2D eigenvalue weighted by molar-refractivity contribution is 9.10. The number of carbonyl (C=O) groups excluding carboxylic acids is 2. The molecular formula is C11H6BrNO3S. The lowest BCUT2D eigenvalue weighted by atomic mass is 10.3. The molecule has 0 radical (unpaired) electrons. The quantitative estimate of drug-likeness (QED) is 0.622. The number of rotatable bonds is 2. The summed E-state index contributed by atoms with van der Waals surface area (Å²) in [4.78, 5) is 24.6. The van der Waals surface area contributed by atoms with Crippen molar-refractivity contribution in [1.82, 2.24) is 4.90 Å². The smallest absolute Gasteiger partial charge is 0.294 e. The Morgan fingerprint density at radius 2 is 2.29 bits per heavy atom. The van der Waals surface area contributed by atoms with E-state index in [-0.39, 0.29) is 17.7 Å². The second-order valence-electron chi connectivity index (χ2n) is 3.11. The second-order valence-corrected chi connectivity index (χ2v) is 4.89. The van der Waals surface area contributed by atoms with Crippen LogP contribution in [0.3, 0.4) is 0 Å². The van der Waals surface area contributed by atoms with Crippen molar-refractivity contribution in [3.63, 3.8) is 0 Å². The van der Waals surface area contributed by atoms with Crippen molar-refractivity contribution in [3.05, 3.63) is 27.5 Å². The molecule has 4 nitrogen and oxygen atoms in total. The molecule has 0 unspecified atom stereocenters. The van der Waals surface area contributed by atoms with Gasteiger partial charge >= 0.3 is 0 Å². The molecule has 0 bridgehead atoms. The van der Waals surface area contributed by atoms with Crippen LogP contribution in [-0.2, 0) is 4.79 Å². The number of amides is 2. The predicted molar refractivity (Wildman–Crippen MR) is 67.9 cm³/mol. The second kappa shape index (κ2) is 4.82. The molecule has 1 aliphatic rings. The molecule has 1 aromatic rings. The minimum Gasteiger partial charge on any atom is -0.450 e.